The Morgan fingerprint density at radius 2 is 2.33 bits per heavy atom. The maximum Gasteiger partial charge on any atom is 0.203 e. The van der Waals surface area contributed by atoms with Crippen LogP contribution in [0.1, 0.15) is 5.01 Å². The Morgan fingerprint density at radius 1 is 1.58 bits per heavy atom. The van der Waals surface area contributed by atoms with Gasteiger partial charge in [-0.1, -0.05) is 11.3 Å². The van der Waals surface area contributed by atoms with E-state index in [4.69, 9.17) is 10.8 Å². The van der Waals surface area contributed by atoms with Crippen molar-refractivity contribution in [3.8, 4) is 0 Å². The molecule has 0 aliphatic carbocycles. The van der Waals surface area contributed by atoms with E-state index in [9.17, 15) is 0 Å². The third-order valence-corrected chi connectivity index (χ3v) is 2.11. The fourth-order valence-corrected chi connectivity index (χ4v) is 1.50. The number of hydrogen-bond acceptors (Lipinski definition) is 6. The van der Waals surface area contributed by atoms with Crippen LogP contribution in [0.5, 0.6) is 0 Å². The van der Waals surface area contributed by atoms with Crippen LogP contribution in [0.15, 0.2) is 0 Å². The van der Waals surface area contributed by atoms with Crippen molar-refractivity contribution in [2.24, 2.45) is 0 Å². The van der Waals surface area contributed by atoms with Crippen LogP contribution >= 0.6 is 11.3 Å². The van der Waals surface area contributed by atoms with Crippen molar-refractivity contribution in [1.29, 1.82) is 0 Å². The minimum Gasteiger partial charge on any atom is -0.395 e. The van der Waals surface area contributed by atoms with E-state index >= 15 is 0 Å². The Hall–Kier alpha value is -0.720. The molecule has 0 saturated carbocycles. The van der Waals surface area contributed by atoms with Gasteiger partial charge in [-0.05, 0) is 7.05 Å². The van der Waals surface area contributed by atoms with Gasteiger partial charge in [0.2, 0.25) is 5.13 Å². The summed E-state index contributed by atoms with van der Waals surface area (Å²) < 4.78 is 0. The summed E-state index contributed by atoms with van der Waals surface area (Å²) >= 11 is 1.37. The van der Waals surface area contributed by atoms with Crippen LogP contribution in [0.3, 0.4) is 0 Å². The lowest BCUT2D eigenvalue weighted by molar-refractivity contribution is 0.217. The van der Waals surface area contributed by atoms with E-state index in [2.05, 4.69) is 10.2 Å². The number of aliphatic hydroxyl groups excluding tert-OH is 1. The lowest BCUT2D eigenvalue weighted by Crippen LogP contribution is -2.21. The molecule has 3 N–H and O–H groups in total. The smallest absolute Gasteiger partial charge is 0.203 e. The third kappa shape index (κ3) is 2.72. The molecule has 12 heavy (non-hydrogen) atoms. The standard InChI is InChI=1S/C6H12N4OS/c1-10(2-3-11)4-5-8-9-6(7)12-5/h11H,2-4H2,1H3,(H2,7,9). The number of aliphatic hydroxyl groups is 1. The number of nitrogens with zero attached hydrogens (tertiary/aromatic N) is 3. The number of nitrogen functional groups attached to an aromatic ring is 1. The van der Waals surface area contributed by atoms with E-state index in [1.54, 1.807) is 0 Å². The van der Waals surface area contributed by atoms with Gasteiger partial charge >= 0.3 is 0 Å². The Labute approximate surface area is 74.8 Å². The fraction of sp³-hybridized carbons (Fsp3) is 0.667. The van der Waals surface area contributed by atoms with Gasteiger partial charge in [-0.2, -0.15) is 0 Å². The largest absolute Gasteiger partial charge is 0.395 e. The molecule has 0 bridgehead atoms. The van der Waals surface area contributed by atoms with Gasteiger partial charge in [-0.25, -0.2) is 0 Å². The minimum absolute atomic E-state index is 0.158. The van der Waals surface area contributed by atoms with Crippen molar-refractivity contribution in [2.75, 3.05) is 25.9 Å². The number of rotatable bonds is 4. The summed E-state index contributed by atoms with van der Waals surface area (Å²) in [6, 6.07) is 0. The second-order valence-electron chi connectivity index (χ2n) is 2.50. The summed E-state index contributed by atoms with van der Waals surface area (Å²) in [5.74, 6) is 0. The van der Waals surface area contributed by atoms with Gasteiger partial charge in [0.1, 0.15) is 5.01 Å². The first-order chi connectivity index (χ1) is 5.72. The molecule has 0 spiro atoms. The molecule has 0 aliphatic rings. The van der Waals surface area contributed by atoms with Gasteiger partial charge in [0.25, 0.3) is 0 Å². The van der Waals surface area contributed by atoms with Gasteiger partial charge in [0.05, 0.1) is 13.2 Å². The topological polar surface area (TPSA) is 75.3 Å². The molecule has 1 aromatic rings. The number of nitrogens with two attached hydrogens (primary N) is 1. The Kier molecular flexibility index (Phi) is 3.39. The van der Waals surface area contributed by atoms with Crippen LogP contribution in [-0.2, 0) is 6.54 Å². The molecule has 1 heterocycles. The lowest BCUT2D eigenvalue weighted by atomic mass is 10.5. The van der Waals surface area contributed by atoms with Crippen LogP contribution in [-0.4, -0.2) is 40.4 Å². The molecule has 6 heteroatoms. The highest BCUT2D eigenvalue weighted by Gasteiger charge is 2.03. The average Bonchev–Trinajstić information content (AvgIpc) is 2.36. The van der Waals surface area contributed by atoms with Crippen molar-refractivity contribution in [3.05, 3.63) is 5.01 Å². The van der Waals surface area contributed by atoms with Crippen LogP contribution in [0.25, 0.3) is 0 Å². The van der Waals surface area contributed by atoms with E-state index in [0.29, 0.717) is 18.2 Å². The summed E-state index contributed by atoms with van der Waals surface area (Å²) in [7, 11) is 1.91. The van der Waals surface area contributed by atoms with Crippen LogP contribution in [0, 0.1) is 0 Å². The zero-order chi connectivity index (χ0) is 8.97. The molecule has 0 amide bonds. The molecule has 0 radical (unpaired) electrons. The van der Waals surface area contributed by atoms with E-state index in [0.717, 1.165) is 5.01 Å². The van der Waals surface area contributed by atoms with E-state index in [1.165, 1.54) is 11.3 Å². The first-order valence-corrected chi connectivity index (χ1v) is 4.41. The zero-order valence-electron chi connectivity index (χ0n) is 6.90. The van der Waals surface area contributed by atoms with Crippen LogP contribution in [0.4, 0.5) is 5.13 Å². The van der Waals surface area contributed by atoms with Crippen LogP contribution in [0.2, 0.25) is 0 Å². The van der Waals surface area contributed by atoms with Crippen molar-refractivity contribution in [2.45, 2.75) is 6.54 Å². The third-order valence-electron chi connectivity index (χ3n) is 1.37. The molecule has 5 nitrogen and oxygen atoms in total. The quantitative estimate of drug-likeness (QED) is 0.669. The summed E-state index contributed by atoms with van der Waals surface area (Å²) in [5, 5.41) is 17.5. The van der Waals surface area contributed by atoms with Gasteiger partial charge in [0.15, 0.2) is 0 Å². The van der Waals surface area contributed by atoms with Gasteiger partial charge in [-0.3, -0.25) is 4.90 Å². The molecule has 0 aromatic carbocycles. The maximum atomic E-state index is 8.62. The van der Waals surface area contributed by atoms with Crippen molar-refractivity contribution < 1.29 is 5.11 Å². The average molecular weight is 188 g/mol. The van der Waals surface area contributed by atoms with Crippen LogP contribution < -0.4 is 5.73 Å². The summed E-state index contributed by atoms with van der Waals surface area (Å²) in [6.07, 6.45) is 0. The predicted molar refractivity (Wildman–Crippen MR) is 47.7 cm³/mol. The fourth-order valence-electron chi connectivity index (χ4n) is 0.811. The summed E-state index contributed by atoms with van der Waals surface area (Å²) in [6.45, 7) is 1.49. The van der Waals surface area contributed by atoms with Gasteiger partial charge < -0.3 is 10.8 Å². The lowest BCUT2D eigenvalue weighted by Gasteiger charge is -2.11. The normalized spacial score (nSPS) is 10.9. The molecule has 0 saturated heterocycles. The minimum atomic E-state index is 0.158. The van der Waals surface area contributed by atoms with Gasteiger partial charge in [-0.15, -0.1) is 10.2 Å². The predicted octanol–water partition coefficient (Wildman–Crippen LogP) is -0.456. The van der Waals surface area contributed by atoms with Crippen molar-refractivity contribution in [1.82, 2.24) is 15.1 Å². The molecule has 0 fully saturated rings. The molecule has 1 aromatic heterocycles. The Morgan fingerprint density at radius 3 is 2.83 bits per heavy atom. The number of hydrogen-bond donors (Lipinski definition) is 2. The number of anilines is 1. The Bertz CT molecular complexity index is 239. The second kappa shape index (κ2) is 4.34. The summed E-state index contributed by atoms with van der Waals surface area (Å²) in [4.78, 5) is 1.96. The van der Waals surface area contributed by atoms with E-state index < -0.39 is 0 Å². The van der Waals surface area contributed by atoms with E-state index in [1.807, 2.05) is 11.9 Å². The Balaban J connectivity index is 2.41. The molecule has 0 aliphatic heterocycles. The number of likely N-dealkylation sites (N-methyl/N-ethyl adjacent to an activating group) is 1. The molecule has 1 rings (SSSR count). The number of aromatic nitrogens is 2. The first-order valence-electron chi connectivity index (χ1n) is 3.59. The molecule has 0 unspecified atom stereocenters. The zero-order valence-corrected chi connectivity index (χ0v) is 7.71. The first kappa shape index (κ1) is 9.37. The highest BCUT2D eigenvalue weighted by Crippen LogP contribution is 2.11. The summed E-state index contributed by atoms with van der Waals surface area (Å²) in [5.41, 5.74) is 5.41. The van der Waals surface area contributed by atoms with Crippen molar-refractivity contribution in [3.63, 3.8) is 0 Å². The highest BCUT2D eigenvalue weighted by molar-refractivity contribution is 7.15. The van der Waals surface area contributed by atoms with Crippen molar-refractivity contribution >= 4 is 16.5 Å². The molecular weight excluding hydrogens is 176 g/mol. The highest BCUT2D eigenvalue weighted by atomic mass is 32.1. The maximum absolute atomic E-state index is 8.62. The molecule has 0 atom stereocenters. The molecular formula is C6H12N4OS. The second-order valence-corrected chi connectivity index (χ2v) is 3.59. The monoisotopic (exact) mass is 188 g/mol. The molecule has 68 valence electrons. The van der Waals surface area contributed by atoms with Gasteiger partial charge in [0, 0.05) is 6.54 Å². The van der Waals surface area contributed by atoms with E-state index in [-0.39, 0.29) is 6.61 Å². The SMILES string of the molecule is CN(CCO)Cc1nnc(N)s1.